The molecule has 2 heterocycles. The lowest BCUT2D eigenvalue weighted by molar-refractivity contribution is -0.121. The molecule has 0 bridgehead atoms. The van der Waals surface area contributed by atoms with E-state index in [0.717, 1.165) is 0 Å². The van der Waals surface area contributed by atoms with Crippen LogP contribution in [0.1, 0.15) is 0 Å². The topological polar surface area (TPSA) is 65.5 Å². The maximum atomic E-state index is 10.5. The number of amidine groups is 1. The number of hydrogen-bond acceptors (Lipinski definition) is 4. The Morgan fingerprint density at radius 2 is 2.50 bits per heavy atom. The molecule has 2 aliphatic rings. The highest BCUT2D eigenvalue weighted by atomic mass is 16.2. The molecule has 2 rings (SSSR count). The van der Waals surface area contributed by atoms with E-state index < -0.39 is 0 Å². The molecule has 5 nitrogen and oxygen atoms in total. The van der Waals surface area contributed by atoms with Crippen LogP contribution in [0.15, 0.2) is 5.10 Å². The first-order valence-electron chi connectivity index (χ1n) is 2.27. The van der Waals surface area contributed by atoms with Crippen LogP contribution in [-0.2, 0) is 4.79 Å². The third-order valence-corrected chi connectivity index (χ3v) is 1.17. The van der Waals surface area contributed by atoms with Crippen molar-refractivity contribution in [1.82, 2.24) is 16.3 Å². The largest absolute Gasteiger partial charge is 0.305 e. The molecule has 8 heavy (non-hydrogen) atoms. The number of hydrazone groups is 1. The summed E-state index contributed by atoms with van der Waals surface area (Å²) in [5, 5.41) is 3.63. The molecule has 1 amide bonds. The van der Waals surface area contributed by atoms with Gasteiger partial charge in [-0.3, -0.25) is 4.79 Å². The van der Waals surface area contributed by atoms with Gasteiger partial charge in [0.15, 0.2) is 11.9 Å². The Morgan fingerprint density at radius 1 is 1.62 bits per heavy atom. The summed E-state index contributed by atoms with van der Waals surface area (Å²) in [6.07, 6.45) is 0. The molecule has 0 radical (unpaired) electrons. The second-order valence-corrected chi connectivity index (χ2v) is 1.68. The summed E-state index contributed by atoms with van der Waals surface area (Å²) in [5.41, 5.74) is 7.62. The van der Waals surface area contributed by atoms with Crippen LogP contribution in [-0.4, -0.2) is 17.8 Å². The van der Waals surface area contributed by atoms with Crippen molar-refractivity contribution in [1.29, 1.82) is 0 Å². The monoisotopic (exact) mass is 112 g/mol. The van der Waals surface area contributed by atoms with E-state index in [1.54, 1.807) is 0 Å². The van der Waals surface area contributed by atoms with Gasteiger partial charge in [0.25, 0.3) is 5.91 Å². The molecule has 0 aliphatic carbocycles. The van der Waals surface area contributed by atoms with E-state index in [1.807, 2.05) is 0 Å². The van der Waals surface area contributed by atoms with Gasteiger partial charge in [-0.15, -0.1) is 0 Å². The first kappa shape index (κ1) is 3.85. The SMILES string of the molecule is O=C1NN=C2NNC12. The van der Waals surface area contributed by atoms with Crippen LogP contribution in [0.3, 0.4) is 0 Å². The summed E-state index contributed by atoms with van der Waals surface area (Å²) < 4.78 is 0. The molecule has 1 saturated heterocycles. The van der Waals surface area contributed by atoms with Crippen molar-refractivity contribution in [3.05, 3.63) is 0 Å². The number of nitrogens with zero attached hydrogens (tertiary/aromatic N) is 1. The zero-order valence-electron chi connectivity index (χ0n) is 3.93. The predicted molar refractivity (Wildman–Crippen MR) is 25.6 cm³/mol. The van der Waals surface area contributed by atoms with Crippen LogP contribution in [0.2, 0.25) is 0 Å². The quantitative estimate of drug-likeness (QED) is 0.336. The molecule has 5 heteroatoms. The summed E-state index contributed by atoms with van der Waals surface area (Å²) in [5.74, 6) is 0.605. The molecule has 2 aliphatic heterocycles. The predicted octanol–water partition coefficient (Wildman–Crippen LogP) is -2.09. The maximum absolute atomic E-state index is 10.5. The molecule has 1 unspecified atom stereocenters. The second kappa shape index (κ2) is 1.00. The van der Waals surface area contributed by atoms with E-state index in [2.05, 4.69) is 21.4 Å². The Bertz CT molecular complexity index is 174. The zero-order valence-corrected chi connectivity index (χ0v) is 3.93. The molecular weight excluding hydrogens is 108 g/mol. The molecule has 3 N–H and O–H groups in total. The highest BCUT2D eigenvalue weighted by molar-refractivity contribution is 6.13. The van der Waals surface area contributed by atoms with Gasteiger partial charge in [-0.1, -0.05) is 0 Å². The Balaban J connectivity index is 2.29. The third kappa shape index (κ3) is 0.261. The molecule has 0 saturated carbocycles. The van der Waals surface area contributed by atoms with Crippen molar-refractivity contribution < 1.29 is 4.79 Å². The van der Waals surface area contributed by atoms with Crippen molar-refractivity contribution in [2.45, 2.75) is 6.04 Å². The minimum atomic E-state index is -0.199. The molecule has 0 aromatic carbocycles. The van der Waals surface area contributed by atoms with Crippen LogP contribution in [0.5, 0.6) is 0 Å². The fraction of sp³-hybridized carbons (Fsp3) is 0.333. The number of hydrogen-bond donors (Lipinski definition) is 3. The van der Waals surface area contributed by atoms with E-state index in [-0.39, 0.29) is 11.9 Å². The van der Waals surface area contributed by atoms with Crippen molar-refractivity contribution in [3.8, 4) is 0 Å². The van der Waals surface area contributed by atoms with E-state index >= 15 is 0 Å². The summed E-state index contributed by atoms with van der Waals surface area (Å²) >= 11 is 0. The molecule has 0 spiro atoms. The van der Waals surface area contributed by atoms with E-state index in [0.29, 0.717) is 5.84 Å². The van der Waals surface area contributed by atoms with Crippen LogP contribution >= 0.6 is 0 Å². The lowest BCUT2D eigenvalue weighted by atomic mass is 10.2. The van der Waals surface area contributed by atoms with Gasteiger partial charge >= 0.3 is 0 Å². The highest BCUT2D eigenvalue weighted by Gasteiger charge is 2.36. The number of carbonyl (C=O) groups is 1. The van der Waals surface area contributed by atoms with Gasteiger partial charge in [-0.05, 0) is 0 Å². The van der Waals surface area contributed by atoms with Crippen LogP contribution in [0.4, 0.5) is 0 Å². The minimum absolute atomic E-state index is 0.0845. The number of carbonyl (C=O) groups excluding carboxylic acids is 1. The summed E-state index contributed by atoms with van der Waals surface area (Å²) in [4.78, 5) is 10.5. The average Bonchev–Trinajstić information content (AvgIpc) is 1.80. The Hall–Kier alpha value is -1.10. The molecule has 1 atom stereocenters. The van der Waals surface area contributed by atoms with Crippen molar-refractivity contribution in [2.24, 2.45) is 5.10 Å². The summed E-state index contributed by atoms with van der Waals surface area (Å²) in [6.45, 7) is 0. The van der Waals surface area contributed by atoms with Gasteiger partial charge < -0.3 is 5.43 Å². The van der Waals surface area contributed by atoms with Crippen molar-refractivity contribution in [3.63, 3.8) is 0 Å². The first-order valence-corrected chi connectivity index (χ1v) is 2.27. The van der Waals surface area contributed by atoms with Crippen molar-refractivity contribution in [2.75, 3.05) is 0 Å². The molecular formula is C3H4N4O. The molecule has 0 aromatic rings. The van der Waals surface area contributed by atoms with E-state index in [4.69, 9.17) is 0 Å². The van der Waals surface area contributed by atoms with Crippen LogP contribution in [0.25, 0.3) is 0 Å². The Kier molecular flexibility index (Phi) is 0.481. The van der Waals surface area contributed by atoms with Gasteiger partial charge in [0.2, 0.25) is 0 Å². The van der Waals surface area contributed by atoms with Crippen LogP contribution in [0, 0.1) is 0 Å². The number of fused-ring (bicyclic) bond motifs is 1. The minimum Gasteiger partial charge on any atom is -0.305 e. The summed E-state index contributed by atoms with van der Waals surface area (Å²) in [7, 11) is 0. The van der Waals surface area contributed by atoms with Crippen LogP contribution < -0.4 is 16.3 Å². The van der Waals surface area contributed by atoms with Crippen molar-refractivity contribution >= 4 is 11.7 Å². The number of nitrogens with one attached hydrogen (secondary N) is 3. The third-order valence-electron chi connectivity index (χ3n) is 1.17. The van der Waals surface area contributed by atoms with Gasteiger partial charge in [0.05, 0.1) is 0 Å². The fourth-order valence-electron chi connectivity index (χ4n) is 0.671. The zero-order chi connectivity index (χ0) is 5.56. The van der Waals surface area contributed by atoms with E-state index in [9.17, 15) is 4.79 Å². The van der Waals surface area contributed by atoms with Gasteiger partial charge in [0.1, 0.15) is 0 Å². The highest BCUT2D eigenvalue weighted by Crippen LogP contribution is 1.99. The number of hydrazine groups is 1. The van der Waals surface area contributed by atoms with Gasteiger partial charge in [0, 0.05) is 0 Å². The standard InChI is InChI=1S/C3H4N4O/c8-3-1-2(5-4-1)6-7-3/h1,4H,(H,5,6)(H,7,8). The van der Waals surface area contributed by atoms with Gasteiger partial charge in [-0.25, -0.2) is 10.9 Å². The van der Waals surface area contributed by atoms with E-state index in [1.165, 1.54) is 0 Å². The van der Waals surface area contributed by atoms with Gasteiger partial charge in [-0.2, -0.15) is 5.10 Å². The molecule has 1 fully saturated rings. The number of amides is 1. The Labute approximate surface area is 45.1 Å². The smallest absolute Gasteiger partial charge is 0.266 e. The maximum Gasteiger partial charge on any atom is 0.266 e. The lowest BCUT2D eigenvalue weighted by Gasteiger charge is -2.22. The second-order valence-electron chi connectivity index (χ2n) is 1.68. The normalized spacial score (nSPS) is 31.8. The Morgan fingerprint density at radius 3 is 2.75 bits per heavy atom. The average molecular weight is 112 g/mol. The summed E-state index contributed by atoms with van der Waals surface area (Å²) in [6, 6.07) is -0.199. The molecule has 42 valence electrons. The lowest BCUT2D eigenvalue weighted by Crippen LogP contribution is -2.65. The fourth-order valence-corrected chi connectivity index (χ4v) is 0.671. The number of rotatable bonds is 0. The first-order chi connectivity index (χ1) is 3.88. The molecule has 0 aromatic heterocycles.